The first-order valence-corrected chi connectivity index (χ1v) is 12.6. The van der Waals surface area contributed by atoms with Gasteiger partial charge in [-0.1, -0.05) is 79.6 Å². The van der Waals surface area contributed by atoms with E-state index in [0.717, 1.165) is 36.8 Å². The standard InChI is InChI=1S/C30H33FN2O3/c1-22-11-5-10-18-28(22)36-21-29(34)33(20-24-14-6-9-17-26(24)31)27(19-23-12-3-2-4-13-23)30(35)32-25-15-7-8-16-25/h2-6,9-14,17-18,25,27H,7-8,15-16,19-21H2,1H3,(H,32,35)/t27-/m1/s1. The zero-order valence-electron chi connectivity index (χ0n) is 20.7. The zero-order valence-corrected chi connectivity index (χ0v) is 20.7. The summed E-state index contributed by atoms with van der Waals surface area (Å²) in [7, 11) is 0. The Morgan fingerprint density at radius 2 is 1.64 bits per heavy atom. The molecule has 0 heterocycles. The first-order chi connectivity index (χ1) is 17.5. The Morgan fingerprint density at radius 1 is 0.972 bits per heavy atom. The topological polar surface area (TPSA) is 58.6 Å². The van der Waals surface area contributed by atoms with Gasteiger partial charge in [0.2, 0.25) is 5.91 Å². The fraction of sp³-hybridized carbons (Fsp3) is 0.333. The van der Waals surface area contributed by atoms with Gasteiger partial charge >= 0.3 is 0 Å². The van der Waals surface area contributed by atoms with Crippen LogP contribution in [0.15, 0.2) is 78.9 Å². The van der Waals surface area contributed by atoms with Crippen molar-refractivity contribution in [3.63, 3.8) is 0 Å². The molecule has 1 aliphatic rings. The Bertz CT molecular complexity index is 1160. The number of hydrogen-bond donors (Lipinski definition) is 1. The fourth-order valence-electron chi connectivity index (χ4n) is 4.67. The van der Waals surface area contributed by atoms with Crippen LogP contribution >= 0.6 is 0 Å². The molecule has 1 N–H and O–H groups in total. The van der Waals surface area contributed by atoms with E-state index in [1.54, 1.807) is 24.3 Å². The van der Waals surface area contributed by atoms with Crippen molar-refractivity contribution in [2.45, 2.75) is 57.7 Å². The Morgan fingerprint density at radius 3 is 2.36 bits per heavy atom. The molecule has 6 heteroatoms. The highest BCUT2D eigenvalue weighted by Gasteiger charge is 2.32. The summed E-state index contributed by atoms with van der Waals surface area (Å²) in [6.07, 6.45) is 4.35. The number of rotatable bonds is 10. The summed E-state index contributed by atoms with van der Waals surface area (Å²) in [5, 5.41) is 3.15. The third-order valence-corrected chi connectivity index (χ3v) is 6.72. The molecule has 4 rings (SSSR count). The van der Waals surface area contributed by atoms with Gasteiger partial charge < -0.3 is 15.0 Å². The average molecular weight is 489 g/mol. The Balaban J connectivity index is 1.63. The monoisotopic (exact) mass is 488 g/mol. The van der Waals surface area contributed by atoms with Crippen LogP contribution in [0.1, 0.15) is 42.4 Å². The average Bonchev–Trinajstić information content (AvgIpc) is 3.40. The molecule has 5 nitrogen and oxygen atoms in total. The molecule has 2 amide bonds. The minimum atomic E-state index is -0.805. The lowest BCUT2D eigenvalue weighted by Crippen LogP contribution is -2.53. The summed E-state index contributed by atoms with van der Waals surface area (Å²) >= 11 is 0. The van der Waals surface area contributed by atoms with Crippen molar-refractivity contribution in [2.75, 3.05) is 6.61 Å². The molecule has 1 fully saturated rings. The molecule has 1 saturated carbocycles. The van der Waals surface area contributed by atoms with Crippen LogP contribution in [0.25, 0.3) is 0 Å². The molecule has 188 valence electrons. The molecule has 3 aromatic carbocycles. The number of para-hydroxylation sites is 1. The fourth-order valence-corrected chi connectivity index (χ4v) is 4.67. The molecule has 1 aliphatic carbocycles. The van der Waals surface area contributed by atoms with E-state index in [4.69, 9.17) is 4.74 Å². The molecule has 1 atom stereocenters. The molecule has 0 unspecified atom stereocenters. The van der Waals surface area contributed by atoms with E-state index in [0.29, 0.717) is 17.7 Å². The summed E-state index contributed by atoms with van der Waals surface area (Å²) in [6.45, 7) is 1.63. The van der Waals surface area contributed by atoms with Crippen LogP contribution in [0.3, 0.4) is 0 Å². The van der Waals surface area contributed by atoms with Crippen molar-refractivity contribution in [2.24, 2.45) is 0 Å². The Hall–Kier alpha value is -3.67. The first kappa shape index (κ1) is 25.4. The third-order valence-electron chi connectivity index (χ3n) is 6.72. The molecule has 0 spiro atoms. The zero-order chi connectivity index (χ0) is 25.3. The molecule has 0 bridgehead atoms. The summed E-state index contributed by atoms with van der Waals surface area (Å²) < 4.78 is 20.5. The number of hydrogen-bond acceptors (Lipinski definition) is 3. The van der Waals surface area contributed by atoms with Crippen LogP contribution in [0, 0.1) is 12.7 Å². The number of nitrogens with one attached hydrogen (secondary N) is 1. The van der Waals surface area contributed by atoms with Crippen LogP contribution in [0.2, 0.25) is 0 Å². The van der Waals surface area contributed by atoms with E-state index < -0.39 is 11.9 Å². The van der Waals surface area contributed by atoms with Gasteiger partial charge in [-0.3, -0.25) is 9.59 Å². The lowest BCUT2D eigenvalue weighted by molar-refractivity contribution is -0.143. The number of halogens is 1. The second kappa shape index (κ2) is 12.3. The number of carbonyl (C=O) groups excluding carboxylic acids is 2. The number of aryl methyl sites for hydroxylation is 1. The molecule has 0 aliphatic heterocycles. The van der Waals surface area contributed by atoms with Gasteiger partial charge in [0, 0.05) is 24.6 Å². The van der Waals surface area contributed by atoms with Gasteiger partial charge in [-0.2, -0.15) is 0 Å². The molecule has 0 aromatic heterocycles. The second-order valence-electron chi connectivity index (χ2n) is 9.36. The van der Waals surface area contributed by atoms with Crippen molar-refractivity contribution in [1.29, 1.82) is 0 Å². The minimum absolute atomic E-state index is 0.0295. The van der Waals surface area contributed by atoms with E-state index in [1.165, 1.54) is 11.0 Å². The summed E-state index contributed by atoms with van der Waals surface area (Å²) in [5.41, 5.74) is 2.19. The van der Waals surface area contributed by atoms with Gasteiger partial charge in [0.1, 0.15) is 17.6 Å². The molecule has 0 radical (unpaired) electrons. The van der Waals surface area contributed by atoms with E-state index in [-0.39, 0.29) is 31.0 Å². The number of amides is 2. The van der Waals surface area contributed by atoms with Crippen LogP contribution in [-0.4, -0.2) is 35.4 Å². The van der Waals surface area contributed by atoms with Crippen molar-refractivity contribution in [1.82, 2.24) is 10.2 Å². The predicted octanol–water partition coefficient (Wildman–Crippen LogP) is 5.21. The normalized spacial score (nSPS) is 14.3. The summed E-state index contributed by atoms with van der Waals surface area (Å²) in [5.74, 6) is -0.396. The van der Waals surface area contributed by atoms with Gasteiger partial charge in [-0.25, -0.2) is 4.39 Å². The van der Waals surface area contributed by atoms with Gasteiger partial charge in [0.25, 0.3) is 5.91 Å². The molecule has 3 aromatic rings. The van der Waals surface area contributed by atoms with E-state index in [1.807, 2.05) is 55.5 Å². The first-order valence-electron chi connectivity index (χ1n) is 12.6. The third kappa shape index (κ3) is 6.72. The SMILES string of the molecule is Cc1ccccc1OCC(=O)N(Cc1ccccc1F)[C@H](Cc1ccccc1)C(=O)NC1CCCC1. The molecular weight excluding hydrogens is 455 g/mol. The minimum Gasteiger partial charge on any atom is -0.484 e. The van der Waals surface area contributed by atoms with Gasteiger partial charge in [0.05, 0.1) is 0 Å². The number of nitrogens with zero attached hydrogens (tertiary/aromatic N) is 1. The van der Waals surface area contributed by atoms with Crippen molar-refractivity contribution < 1.29 is 18.7 Å². The van der Waals surface area contributed by atoms with E-state index >= 15 is 0 Å². The predicted molar refractivity (Wildman–Crippen MR) is 138 cm³/mol. The maximum Gasteiger partial charge on any atom is 0.261 e. The van der Waals surface area contributed by atoms with E-state index in [2.05, 4.69) is 5.32 Å². The Labute approximate surface area is 212 Å². The molecule has 0 saturated heterocycles. The van der Waals surface area contributed by atoms with Crippen LogP contribution in [-0.2, 0) is 22.6 Å². The maximum absolute atomic E-state index is 14.7. The quantitative estimate of drug-likeness (QED) is 0.426. The molecular formula is C30H33FN2O3. The smallest absolute Gasteiger partial charge is 0.261 e. The number of ether oxygens (including phenoxy) is 1. The number of carbonyl (C=O) groups is 2. The lowest BCUT2D eigenvalue weighted by Gasteiger charge is -2.32. The second-order valence-corrected chi connectivity index (χ2v) is 9.36. The summed E-state index contributed by atoms with van der Waals surface area (Å²) in [4.78, 5) is 28.7. The van der Waals surface area contributed by atoms with Crippen LogP contribution < -0.4 is 10.1 Å². The van der Waals surface area contributed by atoms with Gasteiger partial charge in [-0.15, -0.1) is 0 Å². The highest BCUT2D eigenvalue weighted by Crippen LogP contribution is 2.21. The molecule has 36 heavy (non-hydrogen) atoms. The van der Waals surface area contributed by atoms with Crippen molar-refractivity contribution in [3.05, 3.63) is 101 Å². The summed E-state index contributed by atoms with van der Waals surface area (Å²) in [6, 6.07) is 22.7. The van der Waals surface area contributed by atoms with Crippen molar-refractivity contribution in [3.8, 4) is 5.75 Å². The van der Waals surface area contributed by atoms with Gasteiger partial charge in [-0.05, 0) is 43.0 Å². The highest BCUT2D eigenvalue weighted by molar-refractivity contribution is 5.88. The highest BCUT2D eigenvalue weighted by atomic mass is 19.1. The van der Waals surface area contributed by atoms with Gasteiger partial charge in [0.15, 0.2) is 6.61 Å². The number of benzene rings is 3. The Kier molecular flexibility index (Phi) is 8.71. The largest absolute Gasteiger partial charge is 0.484 e. The van der Waals surface area contributed by atoms with Crippen molar-refractivity contribution >= 4 is 11.8 Å². The van der Waals surface area contributed by atoms with Crippen LogP contribution in [0.4, 0.5) is 4.39 Å². The maximum atomic E-state index is 14.7. The lowest BCUT2D eigenvalue weighted by atomic mass is 10.0. The van der Waals surface area contributed by atoms with E-state index in [9.17, 15) is 14.0 Å². The van der Waals surface area contributed by atoms with Crippen LogP contribution in [0.5, 0.6) is 5.75 Å².